The zero-order valence-corrected chi connectivity index (χ0v) is 14.7. The maximum absolute atomic E-state index is 12.7. The number of benzene rings is 2. The van der Waals surface area contributed by atoms with E-state index in [-0.39, 0.29) is 18.1 Å². The molecule has 0 fully saturated rings. The number of nitrogens with one attached hydrogen (secondary N) is 1. The minimum Gasteiger partial charge on any atom is -0.494 e. The second-order valence-electron chi connectivity index (χ2n) is 5.72. The summed E-state index contributed by atoms with van der Waals surface area (Å²) in [5.41, 5.74) is 1.74. The number of carbonyl (C=O) groups is 1. The Morgan fingerprint density at radius 2 is 1.96 bits per heavy atom. The highest BCUT2D eigenvalue weighted by molar-refractivity contribution is 6.05. The molecule has 1 amide bonds. The molecule has 2 aromatic carbocycles. The van der Waals surface area contributed by atoms with Crippen LogP contribution >= 0.6 is 0 Å². The predicted molar refractivity (Wildman–Crippen MR) is 100.0 cm³/mol. The van der Waals surface area contributed by atoms with E-state index in [4.69, 9.17) is 4.74 Å². The van der Waals surface area contributed by atoms with Crippen LogP contribution in [0, 0.1) is 10.1 Å². The van der Waals surface area contributed by atoms with Crippen molar-refractivity contribution in [1.82, 2.24) is 9.78 Å². The molecule has 0 aliphatic carbocycles. The molecule has 8 heteroatoms. The first-order valence-electron chi connectivity index (χ1n) is 8.36. The van der Waals surface area contributed by atoms with Crippen molar-refractivity contribution in [3.63, 3.8) is 0 Å². The molecule has 0 aliphatic rings. The third-order valence-corrected chi connectivity index (χ3v) is 3.85. The van der Waals surface area contributed by atoms with Crippen LogP contribution in [0.2, 0.25) is 0 Å². The van der Waals surface area contributed by atoms with Crippen LogP contribution in [0.1, 0.15) is 22.8 Å². The number of aromatic nitrogens is 2. The average molecular weight is 366 g/mol. The zero-order chi connectivity index (χ0) is 19.2. The fraction of sp³-hybridized carbons (Fsp3) is 0.158. The Labute approximate surface area is 155 Å². The Bertz CT molecular complexity index is 950. The molecule has 0 unspecified atom stereocenters. The van der Waals surface area contributed by atoms with Gasteiger partial charge in [-0.3, -0.25) is 19.6 Å². The van der Waals surface area contributed by atoms with Crippen LogP contribution in [0.5, 0.6) is 5.75 Å². The number of amides is 1. The smallest absolute Gasteiger partial charge is 0.307 e. The van der Waals surface area contributed by atoms with E-state index in [1.807, 2.05) is 6.92 Å². The second kappa shape index (κ2) is 8.13. The third-order valence-electron chi connectivity index (χ3n) is 3.85. The highest BCUT2D eigenvalue weighted by Gasteiger charge is 2.14. The number of anilines is 1. The van der Waals surface area contributed by atoms with Gasteiger partial charge in [-0.25, -0.2) is 0 Å². The van der Waals surface area contributed by atoms with Gasteiger partial charge in [-0.1, -0.05) is 18.2 Å². The zero-order valence-electron chi connectivity index (χ0n) is 14.7. The van der Waals surface area contributed by atoms with E-state index in [1.54, 1.807) is 48.5 Å². The minimum atomic E-state index is -0.506. The van der Waals surface area contributed by atoms with Gasteiger partial charge in [-0.05, 0) is 42.8 Å². The Morgan fingerprint density at radius 1 is 1.22 bits per heavy atom. The van der Waals surface area contributed by atoms with Gasteiger partial charge in [0.25, 0.3) is 5.91 Å². The molecule has 0 bridgehead atoms. The summed E-state index contributed by atoms with van der Waals surface area (Å²) >= 11 is 0. The van der Waals surface area contributed by atoms with E-state index in [9.17, 15) is 14.9 Å². The van der Waals surface area contributed by atoms with Crippen molar-refractivity contribution < 1.29 is 14.5 Å². The number of nitrogens with zero attached hydrogens (tertiary/aromatic N) is 3. The van der Waals surface area contributed by atoms with Crippen LogP contribution in [0.3, 0.4) is 0 Å². The van der Waals surface area contributed by atoms with Crippen molar-refractivity contribution in [1.29, 1.82) is 0 Å². The SMILES string of the molecule is CCOc1ccc(NC(=O)c2ccccc2Cn2cc([N+](=O)[O-])cn2)cc1. The van der Waals surface area contributed by atoms with Crippen LogP contribution in [0.4, 0.5) is 11.4 Å². The summed E-state index contributed by atoms with van der Waals surface area (Å²) in [7, 11) is 0. The number of nitro groups is 1. The van der Waals surface area contributed by atoms with Crippen LogP contribution in [0.25, 0.3) is 0 Å². The summed E-state index contributed by atoms with van der Waals surface area (Å²) in [6.45, 7) is 2.73. The molecule has 0 saturated heterocycles. The van der Waals surface area contributed by atoms with Crippen LogP contribution < -0.4 is 10.1 Å². The first-order valence-corrected chi connectivity index (χ1v) is 8.36. The molecule has 1 aromatic heterocycles. The van der Waals surface area contributed by atoms with E-state index < -0.39 is 4.92 Å². The normalized spacial score (nSPS) is 10.4. The molecule has 0 aliphatic heterocycles. The molecule has 0 atom stereocenters. The molecule has 1 N–H and O–H groups in total. The van der Waals surface area contributed by atoms with Crippen molar-refractivity contribution in [3.05, 3.63) is 82.2 Å². The van der Waals surface area contributed by atoms with Gasteiger partial charge in [-0.15, -0.1) is 0 Å². The fourth-order valence-electron chi connectivity index (χ4n) is 2.59. The van der Waals surface area contributed by atoms with Gasteiger partial charge in [0, 0.05) is 11.3 Å². The number of hydrogen-bond donors (Lipinski definition) is 1. The molecule has 0 spiro atoms. The van der Waals surface area contributed by atoms with Gasteiger partial charge in [-0.2, -0.15) is 5.10 Å². The molecular formula is C19H18N4O4. The molecule has 27 heavy (non-hydrogen) atoms. The van der Waals surface area contributed by atoms with Gasteiger partial charge < -0.3 is 10.1 Å². The lowest BCUT2D eigenvalue weighted by molar-refractivity contribution is -0.385. The van der Waals surface area contributed by atoms with Crippen molar-refractivity contribution >= 4 is 17.3 Å². The summed E-state index contributed by atoms with van der Waals surface area (Å²) in [6.07, 6.45) is 2.52. The summed E-state index contributed by atoms with van der Waals surface area (Å²) in [6, 6.07) is 14.2. The molecule has 0 radical (unpaired) electrons. The van der Waals surface area contributed by atoms with Gasteiger partial charge in [0.2, 0.25) is 0 Å². The summed E-state index contributed by atoms with van der Waals surface area (Å²) in [5, 5.41) is 17.6. The van der Waals surface area contributed by atoms with E-state index in [0.29, 0.717) is 23.4 Å². The average Bonchev–Trinajstić information content (AvgIpc) is 3.13. The maximum Gasteiger partial charge on any atom is 0.307 e. The largest absolute Gasteiger partial charge is 0.494 e. The Balaban J connectivity index is 1.75. The highest BCUT2D eigenvalue weighted by Crippen LogP contribution is 2.18. The van der Waals surface area contributed by atoms with Crippen molar-refractivity contribution in [3.8, 4) is 5.75 Å². The summed E-state index contributed by atoms with van der Waals surface area (Å²) < 4.78 is 6.82. The number of rotatable bonds is 7. The Kier molecular flexibility index (Phi) is 5.46. The van der Waals surface area contributed by atoms with Crippen molar-refractivity contribution in [2.45, 2.75) is 13.5 Å². The molecular weight excluding hydrogens is 348 g/mol. The highest BCUT2D eigenvalue weighted by atomic mass is 16.6. The summed E-state index contributed by atoms with van der Waals surface area (Å²) in [4.78, 5) is 23.0. The standard InChI is InChI=1S/C19H18N4O4/c1-2-27-17-9-7-15(8-10-17)21-19(24)18-6-4-3-5-14(18)12-22-13-16(11-20-22)23(25)26/h3-11,13H,2,12H2,1H3,(H,21,24). The quantitative estimate of drug-likeness (QED) is 0.510. The van der Waals surface area contributed by atoms with E-state index in [1.165, 1.54) is 17.1 Å². The first-order chi connectivity index (χ1) is 13.1. The molecule has 3 rings (SSSR count). The molecule has 8 nitrogen and oxygen atoms in total. The topological polar surface area (TPSA) is 99.3 Å². The predicted octanol–water partition coefficient (Wildman–Crippen LogP) is 3.49. The van der Waals surface area contributed by atoms with E-state index in [2.05, 4.69) is 10.4 Å². The van der Waals surface area contributed by atoms with Gasteiger partial charge in [0.05, 0.1) is 18.1 Å². The molecule has 0 saturated carbocycles. The summed E-state index contributed by atoms with van der Waals surface area (Å²) in [5.74, 6) is 0.465. The number of hydrogen-bond acceptors (Lipinski definition) is 5. The van der Waals surface area contributed by atoms with Gasteiger partial charge >= 0.3 is 5.69 Å². The first kappa shape index (κ1) is 18.1. The van der Waals surface area contributed by atoms with Crippen LogP contribution in [0.15, 0.2) is 60.9 Å². The molecule has 138 valence electrons. The Hall–Kier alpha value is -3.68. The molecule has 3 aromatic rings. The van der Waals surface area contributed by atoms with Crippen molar-refractivity contribution in [2.75, 3.05) is 11.9 Å². The lowest BCUT2D eigenvalue weighted by atomic mass is 10.1. The van der Waals surface area contributed by atoms with Gasteiger partial charge in [0.15, 0.2) is 0 Å². The van der Waals surface area contributed by atoms with Gasteiger partial charge in [0.1, 0.15) is 18.1 Å². The fourth-order valence-corrected chi connectivity index (χ4v) is 2.59. The number of carbonyl (C=O) groups excluding carboxylic acids is 1. The van der Waals surface area contributed by atoms with Crippen LogP contribution in [-0.4, -0.2) is 27.2 Å². The second-order valence-corrected chi connectivity index (χ2v) is 5.72. The minimum absolute atomic E-state index is 0.0914. The lowest BCUT2D eigenvalue weighted by Crippen LogP contribution is -2.15. The lowest BCUT2D eigenvalue weighted by Gasteiger charge is -2.11. The monoisotopic (exact) mass is 366 g/mol. The third kappa shape index (κ3) is 4.49. The maximum atomic E-state index is 12.7. The Morgan fingerprint density at radius 3 is 2.63 bits per heavy atom. The number of ether oxygens (including phenoxy) is 1. The van der Waals surface area contributed by atoms with Crippen molar-refractivity contribution in [2.24, 2.45) is 0 Å². The molecule has 1 heterocycles. The van der Waals surface area contributed by atoms with E-state index in [0.717, 1.165) is 5.75 Å². The van der Waals surface area contributed by atoms with E-state index >= 15 is 0 Å². The van der Waals surface area contributed by atoms with Crippen LogP contribution in [-0.2, 0) is 6.54 Å².